The van der Waals surface area contributed by atoms with E-state index < -0.39 is 37.4 Å². The molecule has 1 unspecified atom stereocenters. The van der Waals surface area contributed by atoms with Crippen molar-refractivity contribution in [3.05, 3.63) is 12.7 Å². The maximum Gasteiger partial charge on any atom is 0.332 e. The first-order chi connectivity index (χ1) is 7.95. The Morgan fingerprint density at radius 1 is 1.41 bits per heavy atom. The number of rotatable bonds is 8. The molecule has 0 fully saturated rings. The maximum atomic E-state index is 11.0. The Bertz CT molecular complexity index is 297. The van der Waals surface area contributed by atoms with Gasteiger partial charge in [0.2, 0.25) is 0 Å². The molecule has 0 aliphatic rings. The molecule has 96 valence electrons. The molecule has 7 nitrogen and oxygen atoms in total. The van der Waals surface area contributed by atoms with Crippen molar-refractivity contribution in [2.45, 2.75) is 19.4 Å². The summed E-state index contributed by atoms with van der Waals surface area (Å²) in [5, 5.41) is 8.41. The zero-order valence-corrected chi connectivity index (χ0v) is 9.38. The molecule has 0 radical (unpaired) electrons. The number of hydrogen-bond acceptors (Lipinski definition) is 6. The molecule has 1 N–H and O–H groups in total. The van der Waals surface area contributed by atoms with E-state index in [1.165, 1.54) is 6.92 Å². The summed E-state index contributed by atoms with van der Waals surface area (Å²) in [6.07, 6.45) is -0.0623. The van der Waals surface area contributed by atoms with E-state index in [1.54, 1.807) is 0 Å². The van der Waals surface area contributed by atoms with Gasteiger partial charge in [-0.2, -0.15) is 0 Å². The van der Waals surface area contributed by atoms with Crippen LogP contribution in [0.2, 0.25) is 0 Å². The van der Waals surface area contributed by atoms with E-state index in [2.05, 4.69) is 20.8 Å². The lowest BCUT2D eigenvalue weighted by molar-refractivity contribution is -0.166. The van der Waals surface area contributed by atoms with Crippen LogP contribution in [0.5, 0.6) is 0 Å². The number of carbonyl (C=O) groups excluding carboxylic acids is 2. The largest absolute Gasteiger partial charge is 0.481 e. The van der Waals surface area contributed by atoms with Gasteiger partial charge in [0.05, 0.1) is 6.42 Å². The molecule has 0 aromatic heterocycles. The fraction of sp³-hybridized carbons (Fsp3) is 0.500. The molecule has 0 spiro atoms. The number of ether oxygens (including phenoxy) is 3. The fourth-order valence-electron chi connectivity index (χ4n) is 0.830. The molecule has 0 aromatic rings. The second-order valence-electron chi connectivity index (χ2n) is 3.03. The number of hydrogen-bond donors (Lipinski definition) is 1. The van der Waals surface area contributed by atoms with Crippen LogP contribution in [0.1, 0.15) is 13.3 Å². The van der Waals surface area contributed by atoms with E-state index in [4.69, 9.17) is 5.11 Å². The third kappa shape index (κ3) is 9.06. The van der Waals surface area contributed by atoms with Crippen molar-refractivity contribution in [1.29, 1.82) is 0 Å². The highest BCUT2D eigenvalue weighted by Gasteiger charge is 2.13. The predicted octanol–water partition coefficient (Wildman–Crippen LogP) is 0.0961. The summed E-state index contributed by atoms with van der Waals surface area (Å²) in [4.78, 5) is 31.9. The van der Waals surface area contributed by atoms with Gasteiger partial charge in [-0.3, -0.25) is 4.79 Å². The summed E-state index contributed by atoms with van der Waals surface area (Å²) in [7, 11) is 0. The van der Waals surface area contributed by atoms with Crippen molar-refractivity contribution in [3.63, 3.8) is 0 Å². The molecule has 0 saturated heterocycles. The van der Waals surface area contributed by atoms with Crippen molar-refractivity contribution < 1.29 is 33.7 Å². The number of esters is 2. The SMILES string of the molecule is C=CC(=O)OCOCC(=O)OC(C)CC(=O)O. The van der Waals surface area contributed by atoms with Gasteiger partial charge < -0.3 is 19.3 Å². The van der Waals surface area contributed by atoms with Crippen LogP contribution in [-0.2, 0) is 28.6 Å². The van der Waals surface area contributed by atoms with Crippen molar-refractivity contribution in [3.8, 4) is 0 Å². The number of carboxylic acid groups (broad SMARTS) is 1. The van der Waals surface area contributed by atoms with Crippen LogP contribution in [0.15, 0.2) is 12.7 Å². The van der Waals surface area contributed by atoms with Gasteiger partial charge in [-0.05, 0) is 6.92 Å². The number of carbonyl (C=O) groups is 3. The average Bonchev–Trinajstić information content (AvgIpc) is 2.22. The van der Waals surface area contributed by atoms with Gasteiger partial charge in [-0.25, -0.2) is 9.59 Å². The van der Waals surface area contributed by atoms with Crippen LogP contribution < -0.4 is 0 Å². The second kappa shape index (κ2) is 8.28. The Morgan fingerprint density at radius 2 is 2.06 bits per heavy atom. The molecule has 0 rings (SSSR count). The lowest BCUT2D eigenvalue weighted by Gasteiger charge is -2.10. The third-order valence-corrected chi connectivity index (χ3v) is 1.47. The van der Waals surface area contributed by atoms with Crippen molar-refractivity contribution in [2.75, 3.05) is 13.4 Å². The molecule has 0 heterocycles. The highest BCUT2D eigenvalue weighted by molar-refractivity contribution is 5.81. The minimum absolute atomic E-state index is 0.281. The Hall–Kier alpha value is -1.89. The molecular formula is C10H14O7. The summed E-state index contributed by atoms with van der Waals surface area (Å²) >= 11 is 0. The topological polar surface area (TPSA) is 99.1 Å². The van der Waals surface area contributed by atoms with Gasteiger partial charge in [-0.1, -0.05) is 6.58 Å². The molecule has 0 saturated carbocycles. The summed E-state index contributed by atoms with van der Waals surface area (Å²) in [5.74, 6) is -2.46. The monoisotopic (exact) mass is 246 g/mol. The van der Waals surface area contributed by atoms with Crippen LogP contribution in [0.3, 0.4) is 0 Å². The minimum Gasteiger partial charge on any atom is -0.481 e. The lowest BCUT2D eigenvalue weighted by atomic mass is 10.3. The smallest absolute Gasteiger partial charge is 0.332 e. The molecule has 0 aliphatic carbocycles. The molecule has 0 amide bonds. The average molecular weight is 246 g/mol. The normalized spacial score (nSPS) is 11.4. The van der Waals surface area contributed by atoms with Crippen molar-refractivity contribution in [2.24, 2.45) is 0 Å². The van der Waals surface area contributed by atoms with Gasteiger partial charge in [-0.15, -0.1) is 0 Å². The summed E-state index contributed by atoms with van der Waals surface area (Å²) < 4.78 is 13.8. The summed E-state index contributed by atoms with van der Waals surface area (Å²) in [6.45, 7) is 3.79. The Balaban J connectivity index is 3.62. The Labute approximate surface area is 98.0 Å². The Kier molecular flexibility index (Phi) is 7.36. The maximum absolute atomic E-state index is 11.0. The molecular weight excluding hydrogens is 232 g/mol. The van der Waals surface area contributed by atoms with E-state index in [0.717, 1.165) is 6.08 Å². The van der Waals surface area contributed by atoms with Crippen molar-refractivity contribution >= 4 is 17.9 Å². The van der Waals surface area contributed by atoms with Crippen LogP contribution in [0.25, 0.3) is 0 Å². The minimum atomic E-state index is -1.06. The Morgan fingerprint density at radius 3 is 2.59 bits per heavy atom. The van der Waals surface area contributed by atoms with E-state index in [0.29, 0.717) is 0 Å². The van der Waals surface area contributed by atoms with Crippen LogP contribution in [0.4, 0.5) is 0 Å². The highest BCUT2D eigenvalue weighted by atomic mass is 16.7. The molecule has 7 heteroatoms. The molecule has 1 atom stereocenters. The number of aliphatic carboxylic acids is 1. The predicted molar refractivity (Wildman–Crippen MR) is 54.9 cm³/mol. The summed E-state index contributed by atoms with van der Waals surface area (Å²) in [5.41, 5.74) is 0. The van der Waals surface area contributed by atoms with Crippen LogP contribution in [0, 0.1) is 0 Å². The van der Waals surface area contributed by atoms with Gasteiger partial charge in [0.25, 0.3) is 0 Å². The second-order valence-corrected chi connectivity index (χ2v) is 3.03. The first-order valence-electron chi connectivity index (χ1n) is 4.74. The first kappa shape index (κ1) is 15.1. The van der Waals surface area contributed by atoms with Gasteiger partial charge in [0.1, 0.15) is 12.7 Å². The fourth-order valence-corrected chi connectivity index (χ4v) is 0.830. The van der Waals surface area contributed by atoms with Crippen LogP contribution >= 0.6 is 0 Å². The van der Waals surface area contributed by atoms with E-state index in [1.807, 2.05) is 0 Å². The van der Waals surface area contributed by atoms with Crippen LogP contribution in [-0.4, -0.2) is 42.5 Å². The van der Waals surface area contributed by atoms with E-state index in [-0.39, 0.29) is 6.42 Å². The van der Waals surface area contributed by atoms with E-state index in [9.17, 15) is 14.4 Å². The zero-order chi connectivity index (χ0) is 13.3. The number of carboxylic acids is 1. The van der Waals surface area contributed by atoms with Gasteiger partial charge in [0.15, 0.2) is 6.79 Å². The van der Waals surface area contributed by atoms with Gasteiger partial charge >= 0.3 is 17.9 Å². The van der Waals surface area contributed by atoms with E-state index >= 15 is 0 Å². The first-order valence-corrected chi connectivity index (χ1v) is 4.74. The standard InChI is InChI=1S/C10H14O7/c1-3-9(13)16-6-15-5-10(14)17-7(2)4-8(11)12/h3,7H,1,4-6H2,2H3,(H,11,12). The zero-order valence-electron chi connectivity index (χ0n) is 9.38. The lowest BCUT2D eigenvalue weighted by Crippen LogP contribution is -2.22. The highest BCUT2D eigenvalue weighted by Crippen LogP contribution is 1.98. The molecule has 0 bridgehead atoms. The molecule has 17 heavy (non-hydrogen) atoms. The van der Waals surface area contributed by atoms with Gasteiger partial charge in [0, 0.05) is 6.08 Å². The summed E-state index contributed by atoms with van der Waals surface area (Å²) in [6, 6.07) is 0. The molecule has 0 aliphatic heterocycles. The quantitative estimate of drug-likeness (QED) is 0.280. The third-order valence-electron chi connectivity index (χ3n) is 1.47. The van der Waals surface area contributed by atoms with Crippen molar-refractivity contribution in [1.82, 2.24) is 0 Å². The molecule has 0 aromatic carbocycles.